The molecule has 3 aromatic rings. The second-order valence-corrected chi connectivity index (χ2v) is 7.50. The van der Waals surface area contributed by atoms with E-state index in [1.807, 2.05) is 24.3 Å². The maximum atomic E-state index is 14.2. The van der Waals surface area contributed by atoms with Gasteiger partial charge in [-0.25, -0.2) is 8.78 Å². The zero-order valence-corrected chi connectivity index (χ0v) is 15.8. The first-order valence-corrected chi connectivity index (χ1v) is 9.55. The van der Waals surface area contributed by atoms with E-state index >= 15 is 0 Å². The molecular formula is C22H23F2N3O. The van der Waals surface area contributed by atoms with Crippen LogP contribution in [0, 0.1) is 18.6 Å². The van der Waals surface area contributed by atoms with Crippen LogP contribution in [0.2, 0.25) is 0 Å². The quantitative estimate of drug-likeness (QED) is 0.710. The van der Waals surface area contributed by atoms with E-state index in [1.54, 1.807) is 25.3 Å². The number of H-pyrrole nitrogens is 1. The minimum atomic E-state index is -0.754. The number of nitrogens with zero attached hydrogens (tertiary/aromatic N) is 1. The summed E-state index contributed by atoms with van der Waals surface area (Å²) in [5, 5.41) is 5.07. The molecule has 0 spiro atoms. The molecule has 28 heavy (non-hydrogen) atoms. The molecule has 0 saturated carbocycles. The lowest BCUT2D eigenvalue weighted by molar-refractivity contribution is 0.205. The molecule has 1 aliphatic rings. The Hall–Kier alpha value is -2.73. The molecule has 0 bridgehead atoms. The molecule has 1 aromatic heterocycles. The molecule has 4 nitrogen and oxygen atoms in total. The van der Waals surface area contributed by atoms with Gasteiger partial charge in [0.25, 0.3) is 5.56 Å². The molecule has 0 amide bonds. The van der Waals surface area contributed by atoms with Crippen molar-refractivity contribution in [2.75, 3.05) is 18.4 Å². The van der Waals surface area contributed by atoms with Gasteiger partial charge in [-0.05, 0) is 61.5 Å². The predicted octanol–water partition coefficient (Wildman–Crippen LogP) is 4.19. The SMILES string of the molecule is Cc1ccc(CN2CCCC(Nc3ccc4c(=O)[nH]ccc4c3)C2)c(F)c1F. The fourth-order valence-electron chi connectivity index (χ4n) is 3.88. The maximum Gasteiger partial charge on any atom is 0.255 e. The summed E-state index contributed by atoms with van der Waals surface area (Å²) in [7, 11) is 0. The van der Waals surface area contributed by atoms with Crippen LogP contribution in [-0.2, 0) is 6.54 Å². The third kappa shape index (κ3) is 3.78. The van der Waals surface area contributed by atoms with Crippen LogP contribution in [0.1, 0.15) is 24.0 Å². The Kier molecular flexibility index (Phi) is 5.13. The molecule has 6 heteroatoms. The van der Waals surface area contributed by atoms with Crippen molar-refractivity contribution in [1.82, 2.24) is 9.88 Å². The van der Waals surface area contributed by atoms with E-state index in [4.69, 9.17) is 0 Å². The second-order valence-electron chi connectivity index (χ2n) is 7.50. The third-order valence-electron chi connectivity index (χ3n) is 5.40. The number of nitrogens with one attached hydrogen (secondary N) is 2. The van der Waals surface area contributed by atoms with Gasteiger partial charge in [0, 0.05) is 42.0 Å². The molecule has 4 rings (SSSR count). The Balaban J connectivity index is 1.46. The number of likely N-dealkylation sites (tertiary alicyclic amines) is 1. The Morgan fingerprint density at radius 2 is 2.04 bits per heavy atom. The van der Waals surface area contributed by atoms with E-state index in [2.05, 4.69) is 15.2 Å². The number of fused-ring (bicyclic) bond motifs is 1. The van der Waals surface area contributed by atoms with Crippen molar-refractivity contribution in [2.24, 2.45) is 0 Å². The highest BCUT2D eigenvalue weighted by Gasteiger charge is 2.22. The Morgan fingerprint density at radius 1 is 1.18 bits per heavy atom. The number of aryl methyl sites for hydroxylation is 1. The van der Waals surface area contributed by atoms with Crippen molar-refractivity contribution in [1.29, 1.82) is 0 Å². The summed E-state index contributed by atoms with van der Waals surface area (Å²) in [5.41, 5.74) is 1.58. The van der Waals surface area contributed by atoms with Crippen LogP contribution in [0.25, 0.3) is 10.8 Å². The number of halogens is 2. The lowest BCUT2D eigenvalue weighted by atomic mass is 10.0. The van der Waals surface area contributed by atoms with Crippen molar-refractivity contribution >= 4 is 16.5 Å². The zero-order chi connectivity index (χ0) is 19.7. The van der Waals surface area contributed by atoms with Crippen LogP contribution < -0.4 is 10.9 Å². The predicted molar refractivity (Wildman–Crippen MR) is 108 cm³/mol. The second kappa shape index (κ2) is 7.72. The molecule has 2 N–H and O–H groups in total. The standard InChI is InChI=1S/C22H23F2N3O/c1-14-4-5-16(21(24)20(14)23)12-27-10-2-3-18(13-27)26-17-6-7-19-15(11-17)8-9-25-22(19)28/h4-9,11,18,26H,2-3,10,12-13H2,1H3,(H,25,28). The summed E-state index contributed by atoms with van der Waals surface area (Å²) in [4.78, 5) is 16.7. The van der Waals surface area contributed by atoms with E-state index < -0.39 is 11.6 Å². The number of hydrogen-bond donors (Lipinski definition) is 2. The normalized spacial score (nSPS) is 17.8. The fourth-order valence-corrected chi connectivity index (χ4v) is 3.88. The van der Waals surface area contributed by atoms with Gasteiger partial charge in [0.15, 0.2) is 11.6 Å². The molecular weight excluding hydrogens is 360 g/mol. The van der Waals surface area contributed by atoms with E-state index in [9.17, 15) is 13.6 Å². The molecule has 1 aliphatic heterocycles. The third-order valence-corrected chi connectivity index (χ3v) is 5.40. The van der Waals surface area contributed by atoms with Crippen molar-refractivity contribution in [2.45, 2.75) is 32.4 Å². The molecule has 0 aliphatic carbocycles. The van der Waals surface area contributed by atoms with Crippen LogP contribution in [-0.4, -0.2) is 29.0 Å². The topological polar surface area (TPSA) is 48.1 Å². The van der Waals surface area contributed by atoms with Crippen molar-refractivity contribution in [3.8, 4) is 0 Å². The minimum absolute atomic E-state index is 0.0970. The largest absolute Gasteiger partial charge is 0.381 e. The average molecular weight is 383 g/mol. The highest BCUT2D eigenvalue weighted by molar-refractivity contribution is 5.84. The van der Waals surface area contributed by atoms with Gasteiger partial charge in [0.05, 0.1) is 0 Å². The van der Waals surface area contributed by atoms with Crippen LogP contribution in [0.3, 0.4) is 0 Å². The number of benzene rings is 2. The Bertz CT molecular complexity index is 1060. The molecule has 2 heterocycles. The lowest BCUT2D eigenvalue weighted by Gasteiger charge is -2.33. The molecule has 1 fully saturated rings. The van der Waals surface area contributed by atoms with Gasteiger partial charge in [0.2, 0.25) is 0 Å². The van der Waals surface area contributed by atoms with Crippen LogP contribution in [0.4, 0.5) is 14.5 Å². The van der Waals surface area contributed by atoms with Gasteiger partial charge in [-0.1, -0.05) is 12.1 Å². The highest BCUT2D eigenvalue weighted by Crippen LogP contribution is 2.22. The van der Waals surface area contributed by atoms with Gasteiger partial charge in [-0.15, -0.1) is 0 Å². The summed E-state index contributed by atoms with van der Waals surface area (Å²) in [6, 6.07) is 11.1. The van der Waals surface area contributed by atoms with Gasteiger partial charge in [-0.2, -0.15) is 0 Å². The first-order chi connectivity index (χ1) is 13.5. The number of piperidine rings is 1. The molecule has 2 aromatic carbocycles. The number of anilines is 1. The number of aromatic amines is 1. The molecule has 1 saturated heterocycles. The summed E-state index contributed by atoms with van der Waals surface area (Å²) in [6.45, 7) is 3.58. The maximum absolute atomic E-state index is 14.2. The lowest BCUT2D eigenvalue weighted by Crippen LogP contribution is -2.41. The van der Waals surface area contributed by atoms with Gasteiger partial charge >= 0.3 is 0 Å². The summed E-state index contributed by atoms with van der Waals surface area (Å²) >= 11 is 0. The monoisotopic (exact) mass is 383 g/mol. The van der Waals surface area contributed by atoms with Crippen molar-refractivity contribution in [3.05, 3.63) is 75.7 Å². The molecule has 1 unspecified atom stereocenters. The Labute approximate surface area is 162 Å². The summed E-state index contributed by atoms with van der Waals surface area (Å²) < 4.78 is 28.0. The number of rotatable bonds is 4. The smallest absolute Gasteiger partial charge is 0.255 e. The van der Waals surface area contributed by atoms with Crippen molar-refractivity contribution < 1.29 is 8.78 Å². The number of aromatic nitrogens is 1. The zero-order valence-electron chi connectivity index (χ0n) is 15.8. The summed E-state index contributed by atoms with van der Waals surface area (Å²) in [5.74, 6) is -1.50. The van der Waals surface area contributed by atoms with Gasteiger partial charge in [0.1, 0.15) is 0 Å². The van der Waals surface area contributed by atoms with E-state index in [1.165, 1.54) is 0 Å². The van der Waals surface area contributed by atoms with Gasteiger partial charge < -0.3 is 10.3 Å². The Morgan fingerprint density at radius 3 is 2.89 bits per heavy atom. The number of pyridine rings is 1. The van der Waals surface area contributed by atoms with Crippen LogP contribution >= 0.6 is 0 Å². The van der Waals surface area contributed by atoms with Gasteiger partial charge in [-0.3, -0.25) is 9.69 Å². The summed E-state index contributed by atoms with van der Waals surface area (Å²) in [6.07, 6.45) is 3.64. The first-order valence-electron chi connectivity index (χ1n) is 9.55. The highest BCUT2D eigenvalue weighted by atomic mass is 19.2. The van der Waals surface area contributed by atoms with Crippen molar-refractivity contribution in [3.63, 3.8) is 0 Å². The van der Waals surface area contributed by atoms with E-state index in [-0.39, 0.29) is 11.6 Å². The fraction of sp³-hybridized carbons (Fsp3) is 0.318. The van der Waals surface area contributed by atoms with E-state index in [0.717, 1.165) is 37.0 Å². The molecule has 146 valence electrons. The van der Waals surface area contributed by atoms with Crippen LogP contribution in [0.5, 0.6) is 0 Å². The van der Waals surface area contributed by atoms with E-state index in [0.29, 0.717) is 23.1 Å². The minimum Gasteiger partial charge on any atom is -0.381 e. The molecule has 1 atom stereocenters. The first kappa shape index (κ1) is 18.6. The molecule has 0 radical (unpaired) electrons. The number of hydrogen-bond acceptors (Lipinski definition) is 3. The van der Waals surface area contributed by atoms with Crippen LogP contribution in [0.15, 0.2) is 47.4 Å². The average Bonchev–Trinajstić information content (AvgIpc) is 2.69.